The Bertz CT molecular complexity index is 1210. The zero-order chi connectivity index (χ0) is 20.4. The van der Waals surface area contributed by atoms with Crippen molar-refractivity contribution in [1.82, 2.24) is 19.9 Å². The van der Waals surface area contributed by atoms with Crippen molar-refractivity contribution in [2.24, 2.45) is 0 Å². The molecule has 0 saturated heterocycles. The second-order valence-corrected chi connectivity index (χ2v) is 5.98. The van der Waals surface area contributed by atoms with E-state index in [-0.39, 0.29) is 17.4 Å². The topological polar surface area (TPSA) is 92.3 Å². The van der Waals surface area contributed by atoms with Crippen molar-refractivity contribution >= 4 is 0 Å². The van der Waals surface area contributed by atoms with Crippen LogP contribution in [0, 0.1) is 5.82 Å². The van der Waals surface area contributed by atoms with Crippen LogP contribution in [0.15, 0.2) is 64.0 Å². The van der Waals surface area contributed by atoms with E-state index in [0.717, 1.165) is 0 Å². The van der Waals surface area contributed by atoms with Crippen LogP contribution in [0.5, 0.6) is 11.5 Å². The number of ether oxygens (including phenoxy) is 2. The number of rotatable bonds is 5. The van der Waals surface area contributed by atoms with Crippen molar-refractivity contribution in [3.05, 3.63) is 70.8 Å². The van der Waals surface area contributed by atoms with E-state index in [1.807, 2.05) is 0 Å². The van der Waals surface area contributed by atoms with Gasteiger partial charge in [0.05, 0.1) is 19.9 Å². The standard InChI is InChI=1S/C20H15FN4O4/c1-27-15-8-12(9-16(11-15)28-2)19-22-20(29-24-19)18-17(26)6-7-25(23-18)14-5-3-4-13(21)10-14/h3-11H,1-2H3. The molecule has 0 atom stereocenters. The van der Waals surface area contributed by atoms with Gasteiger partial charge >= 0.3 is 0 Å². The maximum atomic E-state index is 13.5. The molecular weight excluding hydrogens is 379 g/mol. The monoisotopic (exact) mass is 394 g/mol. The van der Waals surface area contributed by atoms with Gasteiger partial charge in [-0.3, -0.25) is 4.79 Å². The van der Waals surface area contributed by atoms with E-state index in [9.17, 15) is 9.18 Å². The van der Waals surface area contributed by atoms with Crippen LogP contribution in [-0.2, 0) is 0 Å². The molecule has 2 aromatic heterocycles. The molecule has 29 heavy (non-hydrogen) atoms. The molecule has 0 bridgehead atoms. The van der Waals surface area contributed by atoms with Crippen LogP contribution in [-0.4, -0.2) is 34.1 Å². The van der Waals surface area contributed by atoms with Crippen molar-refractivity contribution in [3.63, 3.8) is 0 Å². The van der Waals surface area contributed by atoms with Gasteiger partial charge in [0.25, 0.3) is 5.89 Å². The lowest BCUT2D eigenvalue weighted by Crippen LogP contribution is -2.12. The van der Waals surface area contributed by atoms with Crippen LogP contribution in [0.4, 0.5) is 4.39 Å². The van der Waals surface area contributed by atoms with E-state index in [2.05, 4.69) is 15.2 Å². The van der Waals surface area contributed by atoms with Crippen molar-refractivity contribution in [3.8, 4) is 40.2 Å². The highest BCUT2D eigenvalue weighted by molar-refractivity contribution is 5.62. The summed E-state index contributed by atoms with van der Waals surface area (Å²) in [6, 6.07) is 12.2. The minimum atomic E-state index is -0.420. The maximum absolute atomic E-state index is 13.5. The molecule has 0 radical (unpaired) electrons. The Morgan fingerprint density at radius 3 is 2.48 bits per heavy atom. The molecule has 0 aliphatic carbocycles. The van der Waals surface area contributed by atoms with Gasteiger partial charge in [-0.05, 0) is 30.3 Å². The lowest BCUT2D eigenvalue weighted by atomic mass is 10.2. The summed E-state index contributed by atoms with van der Waals surface area (Å²) >= 11 is 0. The molecule has 0 N–H and O–H groups in total. The second kappa shape index (κ2) is 7.55. The number of nitrogens with zero attached hydrogens (tertiary/aromatic N) is 4. The van der Waals surface area contributed by atoms with E-state index in [0.29, 0.717) is 22.7 Å². The van der Waals surface area contributed by atoms with Gasteiger partial charge in [-0.1, -0.05) is 11.2 Å². The number of aromatic nitrogens is 4. The van der Waals surface area contributed by atoms with Crippen molar-refractivity contribution in [2.45, 2.75) is 0 Å². The quantitative estimate of drug-likeness (QED) is 0.513. The smallest absolute Gasteiger partial charge is 0.282 e. The normalized spacial score (nSPS) is 10.7. The zero-order valence-corrected chi connectivity index (χ0v) is 15.5. The molecule has 146 valence electrons. The Balaban J connectivity index is 1.75. The summed E-state index contributed by atoms with van der Waals surface area (Å²) in [5.41, 5.74) is 0.572. The highest BCUT2D eigenvalue weighted by Crippen LogP contribution is 2.29. The minimum Gasteiger partial charge on any atom is -0.497 e. The molecule has 9 heteroatoms. The first-order valence-electron chi connectivity index (χ1n) is 8.51. The highest BCUT2D eigenvalue weighted by atomic mass is 19.1. The first-order chi connectivity index (χ1) is 14.1. The average molecular weight is 394 g/mol. The summed E-state index contributed by atoms with van der Waals surface area (Å²) in [4.78, 5) is 16.6. The van der Waals surface area contributed by atoms with E-state index < -0.39 is 11.2 Å². The van der Waals surface area contributed by atoms with Crippen molar-refractivity contribution in [1.29, 1.82) is 0 Å². The first kappa shape index (κ1) is 18.4. The molecule has 2 heterocycles. The predicted octanol–water partition coefficient (Wildman–Crippen LogP) is 3.11. The number of hydrogen-bond acceptors (Lipinski definition) is 7. The fourth-order valence-corrected chi connectivity index (χ4v) is 2.69. The third-order valence-electron chi connectivity index (χ3n) is 4.12. The van der Waals surface area contributed by atoms with Gasteiger partial charge in [0.2, 0.25) is 11.3 Å². The van der Waals surface area contributed by atoms with Crippen LogP contribution in [0.25, 0.3) is 28.7 Å². The first-order valence-corrected chi connectivity index (χ1v) is 8.51. The molecule has 2 aromatic carbocycles. The Kier molecular flexibility index (Phi) is 4.78. The highest BCUT2D eigenvalue weighted by Gasteiger charge is 2.17. The lowest BCUT2D eigenvalue weighted by molar-refractivity contribution is 0.394. The Morgan fingerprint density at radius 2 is 1.79 bits per heavy atom. The lowest BCUT2D eigenvalue weighted by Gasteiger charge is -2.06. The van der Waals surface area contributed by atoms with Gasteiger partial charge in [0.15, 0.2) is 5.69 Å². The van der Waals surface area contributed by atoms with Gasteiger partial charge in [-0.25, -0.2) is 9.07 Å². The Hall–Kier alpha value is -4.01. The summed E-state index contributed by atoms with van der Waals surface area (Å²) in [6.45, 7) is 0. The summed E-state index contributed by atoms with van der Waals surface area (Å²) < 4.78 is 30.6. The third kappa shape index (κ3) is 3.70. The van der Waals surface area contributed by atoms with Gasteiger partial charge < -0.3 is 14.0 Å². The predicted molar refractivity (Wildman–Crippen MR) is 102 cm³/mol. The molecule has 0 unspecified atom stereocenters. The van der Waals surface area contributed by atoms with Crippen LogP contribution >= 0.6 is 0 Å². The second-order valence-electron chi connectivity index (χ2n) is 5.98. The van der Waals surface area contributed by atoms with Crippen LogP contribution in [0.1, 0.15) is 0 Å². The summed E-state index contributed by atoms with van der Waals surface area (Å²) in [7, 11) is 3.06. The number of halogens is 1. The summed E-state index contributed by atoms with van der Waals surface area (Å²) in [5, 5.41) is 8.15. The Labute approximate surface area is 164 Å². The molecule has 0 fully saturated rings. The maximum Gasteiger partial charge on any atom is 0.282 e. The van der Waals surface area contributed by atoms with Crippen molar-refractivity contribution in [2.75, 3.05) is 14.2 Å². The molecule has 4 aromatic rings. The van der Waals surface area contributed by atoms with Crippen molar-refractivity contribution < 1.29 is 18.4 Å². The molecule has 0 aliphatic heterocycles. The van der Waals surface area contributed by atoms with Gasteiger partial charge in [-0.2, -0.15) is 10.1 Å². The van der Waals surface area contributed by atoms with Crippen LogP contribution < -0.4 is 14.9 Å². The molecule has 0 spiro atoms. The van der Waals surface area contributed by atoms with Gasteiger partial charge in [-0.15, -0.1) is 0 Å². The SMILES string of the molecule is COc1cc(OC)cc(-c2noc(-c3nn(-c4cccc(F)c4)ccc3=O)n2)c1. The van der Waals surface area contributed by atoms with E-state index in [4.69, 9.17) is 14.0 Å². The summed E-state index contributed by atoms with van der Waals surface area (Å²) in [6.07, 6.45) is 1.44. The molecule has 0 saturated carbocycles. The number of hydrogen-bond donors (Lipinski definition) is 0. The molecule has 4 rings (SSSR count). The molecule has 8 nitrogen and oxygen atoms in total. The van der Waals surface area contributed by atoms with Gasteiger partial charge in [0.1, 0.15) is 17.3 Å². The molecule has 0 aliphatic rings. The fraction of sp³-hybridized carbons (Fsp3) is 0.100. The average Bonchev–Trinajstić information content (AvgIpc) is 3.23. The van der Waals surface area contributed by atoms with E-state index >= 15 is 0 Å². The molecule has 0 amide bonds. The third-order valence-corrected chi connectivity index (χ3v) is 4.12. The van der Waals surface area contributed by atoms with Crippen LogP contribution in [0.2, 0.25) is 0 Å². The summed E-state index contributed by atoms with van der Waals surface area (Å²) in [5.74, 6) is 0.864. The number of methoxy groups -OCH3 is 2. The molecular formula is C20H15FN4O4. The van der Waals surface area contributed by atoms with E-state index in [1.165, 1.54) is 43.3 Å². The van der Waals surface area contributed by atoms with Crippen LogP contribution in [0.3, 0.4) is 0 Å². The minimum absolute atomic E-state index is 0.0506. The number of benzene rings is 2. The largest absolute Gasteiger partial charge is 0.497 e. The van der Waals surface area contributed by atoms with Gasteiger partial charge in [0, 0.05) is 23.9 Å². The van der Waals surface area contributed by atoms with E-state index in [1.54, 1.807) is 30.3 Å². The zero-order valence-electron chi connectivity index (χ0n) is 15.5. The fourth-order valence-electron chi connectivity index (χ4n) is 2.69. The Morgan fingerprint density at radius 1 is 1.03 bits per heavy atom.